The lowest BCUT2D eigenvalue weighted by atomic mass is 10.2. The van der Waals surface area contributed by atoms with Crippen molar-refractivity contribution in [2.24, 2.45) is 0 Å². The Kier molecular flexibility index (Phi) is 5.11. The lowest BCUT2D eigenvalue weighted by Gasteiger charge is -2.12. The van der Waals surface area contributed by atoms with Crippen LogP contribution < -0.4 is 10.1 Å². The largest absolute Gasteiger partial charge is 0.490 e. The van der Waals surface area contributed by atoms with Crippen molar-refractivity contribution in [2.45, 2.75) is 20.8 Å². The Labute approximate surface area is 154 Å². The Morgan fingerprint density at radius 1 is 1.32 bits per heavy atom. The van der Waals surface area contributed by atoms with Gasteiger partial charge >= 0.3 is 0 Å². The first-order valence-corrected chi connectivity index (χ1v) is 8.96. The van der Waals surface area contributed by atoms with E-state index in [0.717, 1.165) is 5.76 Å². The first kappa shape index (κ1) is 17.5. The third-order valence-electron chi connectivity index (χ3n) is 3.46. The fourth-order valence-corrected chi connectivity index (χ4v) is 3.49. The second-order valence-electron chi connectivity index (χ2n) is 5.35. The van der Waals surface area contributed by atoms with Crippen LogP contribution in [0.2, 0.25) is 5.02 Å². The van der Waals surface area contributed by atoms with Crippen molar-refractivity contribution in [3.8, 4) is 16.5 Å². The first-order chi connectivity index (χ1) is 12.0. The van der Waals surface area contributed by atoms with E-state index in [1.807, 2.05) is 26.0 Å². The third kappa shape index (κ3) is 3.70. The molecule has 0 atom stereocenters. The summed E-state index contributed by atoms with van der Waals surface area (Å²) in [6.45, 7) is 5.98. The van der Waals surface area contributed by atoms with Crippen molar-refractivity contribution in [3.63, 3.8) is 0 Å². The van der Waals surface area contributed by atoms with E-state index in [2.05, 4.69) is 10.3 Å². The van der Waals surface area contributed by atoms with Gasteiger partial charge in [-0.1, -0.05) is 17.7 Å². The molecule has 2 aromatic heterocycles. The topological polar surface area (TPSA) is 64.4 Å². The summed E-state index contributed by atoms with van der Waals surface area (Å²) in [6.07, 6.45) is 0. The van der Waals surface area contributed by atoms with Crippen LogP contribution in [0.3, 0.4) is 0 Å². The van der Waals surface area contributed by atoms with E-state index in [9.17, 15) is 4.79 Å². The average Bonchev–Trinajstić information content (AvgIpc) is 3.16. The van der Waals surface area contributed by atoms with E-state index < -0.39 is 0 Å². The quantitative estimate of drug-likeness (QED) is 0.654. The van der Waals surface area contributed by atoms with Gasteiger partial charge in [0.1, 0.15) is 10.6 Å². The monoisotopic (exact) mass is 376 g/mol. The minimum absolute atomic E-state index is 0.257. The SMILES string of the molecule is CCOc1c(Cl)cccc1NC(=O)c1sc(-c2ccc(C)o2)nc1C. The molecule has 130 valence electrons. The van der Waals surface area contributed by atoms with Gasteiger partial charge in [-0.25, -0.2) is 4.98 Å². The number of rotatable bonds is 5. The maximum atomic E-state index is 12.7. The number of carbonyl (C=O) groups excluding carboxylic acids is 1. The highest BCUT2D eigenvalue weighted by Gasteiger charge is 2.19. The summed E-state index contributed by atoms with van der Waals surface area (Å²) in [6, 6.07) is 8.95. The first-order valence-electron chi connectivity index (χ1n) is 7.76. The number of nitrogens with zero attached hydrogens (tertiary/aromatic N) is 1. The van der Waals surface area contributed by atoms with E-state index in [1.54, 1.807) is 25.1 Å². The van der Waals surface area contributed by atoms with Gasteiger partial charge in [0.2, 0.25) is 0 Å². The van der Waals surface area contributed by atoms with Crippen molar-refractivity contribution in [1.82, 2.24) is 4.98 Å². The molecule has 0 spiro atoms. The molecule has 5 nitrogen and oxygen atoms in total. The maximum Gasteiger partial charge on any atom is 0.267 e. The van der Waals surface area contributed by atoms with Crippen molar-refractivity contribution in [2.75, 3.05) is 11.9 Å². The molecule has 0 unspecified atom stereocenters. The van der Waals surface area contributed by atoms with E-state index in [4.69, 9.17) is 20.8 Å². The zero-order valence-electron chi connectivity index (χ0n) is 14.1. The fraction of sp³-hybridized carbons (Fsp3) is 0.222. The molecule has 3 rings (SSSR count). The number of ether oxygens (including phenoxy) is 1. The molecule has 0 saturated heterocycles. The lowest BCUT2D eigenvalue weighted by molar-refractivity contribution is 0.102. The second-order valence-corrected chi connectivity index (χ2v) is 6.75. The van der Waals surface area contributed by atoms with Crippen LogP contribution in [0.5, 0.6) is 5.75 Å². The smallest absolute Gasteiger partial charge is 0.267 e. The number of halogens is 1. The van der Waals surface area contributed by atoms with Gasteiger partial charge in [0.15, 0.2) is 16.5 Å². The Morgan fingerprint density at radius 3 is 2.80 bits per heavy atom. The number of hydrogen-bond donors (Lipinski definition) is 1. The van der Waals surface area contributed by atoms with Crippen LogP contribution in [0.15, 0.2) is 34.7 Å². The number of aromatic nitrogens is 1. The van der Waals surface area contributed by atoms with Crippen LogP contribution in [0.1, 0.15) is 28.0 Å². The summed E-state index contributed by atoms with van der Waals surface area (Å²) < 4.78 is 11.1. The fourth-order valence-electron chi connectivity index (χ4n) is 2.34. The standard InChI is InChI=1S/C18H17ClN2O3S/c1-4-23-15-12(19)6-5-7-13(15)21-17(22)16-11(3)20-18(25-16)14-9-8-10(2)24-14/h5-9H,4H2,1-3H3,(H,21,22). The number of furan rings is 1. The van der Waals surface area contributed by atoms with Gasteiger partial charge in [-0.15, -0.1) is 11.3 Å². The van der Waals surface area contributed by atoms with Crippen LogP contribution >= 0.6 is 22.9 Å². The number of benzene rings is 1. The molecule has 7 heteroatoms. The van der Waals surface area contributed by atoms with Crippen LogP contribution in [0.4, 0.5) is 5.69 Å². The second kappa shape index (κ2) is 7.29. The molecule has 0 saturated carbocycles. The summed E-state index contributed by atoms with van der Waals surface area (Å²) in [5.74, 6) is 1.66. The summed E-state index contributed by atoms with van der Waals surface area (Å²) in [4.78, 5) is 17.6. The summed E-state index contributed by atoms with van der Waals surface area (Å²) in [5.41, 5.74) is 1.18. The number of para-hydroxylation sites is 1. The van der Waals surface area contributed by atoms with Gasteiger partial charge in [0, 0.05) is 0 Å². The van der Waals surface area contributed by atoms with Gasteiger partial charge in [0.05, 0.1) is 23.0 Å². The Hall–Kier alpha value is -2.31. The van der Waals surface area contributed by atoms with Gasteiger partial charge in [-0.05, 0) is 45.0 Å². The summed E-state index contributed by atoms with van der Waals surface area (Å²) in [7, 11) is 0. The minimum atomic E-state index is -0.257. The predicted molar refractivity (Wildman–Crippen MR) is 99.9 cm³/mol. The van der Waals surface area contributed by atoms with Crippen molar-refractivity contribution in [3.05, 3.63) is 51.7 Å². The molecule has 1 amide bonds. The molecule has 0 radical (unpaired) electrons. The molecular weight excluding hydrogens is 360 g/mol. The molecule has 25 heavy (non-hydrogen) atoms. The number of anilines is 1. The number of aryl methyl sites for hydroxylation is 2. The molecule has 2 heterocycles. The number of hydrogen-bond acceptors (Lipinski definition) is 5. The Bertz CT molecular complexity index is 917. The molecule has 3 aromatic rings. The molecule has 0 aliphatic rings. The van der Waals surface area contributed by atoms with Crippen molar-refractivity contribution in [1.29, 1.82) is 0 Å². The predicted octanol–water partition coefficient (Wildman–Crippen LogP) is 5.32. The van der Waals surface area contributed by atoms with Crippen LogP contribution in [0, 0.1) is 13.8 Å². The highest BCUT2D eigenvalue weighted by atomic mass is 35.5. The van der Waals surface area contributed by atoms with E-state index >= 15 is 0 Å². The van der Waals surface area contributed by atoms with Crippen LogP contribution in [-0.2, 0) is 0 Å². The summed E-state index contributed by atoms with van der Waals surface area (Å²) in [5, 5.41) is 3.98. The molecule has 1 N–H and O–H groups in total. The van der Waals surface area contributed by atoms with E-state index in [-0.39, 0.29) is 5.91 Å². The molecular formula is C18H17ClN2O3S. The number of carbonyl (C=O) groups is 1. The molecule has 0 aliphatic carbocycles. The average molecular weight is 377 g/mol. The Morgan fingerprint density at radius 2 is 2.12 bits per heavy atom. The van der Waals surface area contributed by atoms with E-state index in [0.29, 0.717) is 44.4 Å². The van der Waals surface area contributed by atoms with Crippen LogP contribution in [0.25, 0.3) is 10.8 Å². The number of nitrogens with one attached hydrogen (secondary N) is 1. The van der Waals surface area contributed by atoms with E-state index in [1.165, 1.54) is 11.3 Å². The molecule has 0 bridgehead atoms. The zero-order valence-corrected chi connectivity index (χ0v) is 15.6. The molecule has 0 aliphatic heterocycles. The van der Waals surface area contributed by atoms with Gasteiger partial charge in [0.25, 0.3) is 5.91 Å². The minimum Gasteiger partial charge on any atom is -0.490 e. The maximum absolute atomic E-state index is 12.7. The number of amides is 1. The summed E-state index contributed by atoms with van der Waals surface area (Å²) >= 11 is 7.44. The van der Waals surface area contributed by atoms with Gasteiger partial charge < -0.3 is 14.5 Å². The van der Waals surface area contributed by atoms with Gasteiger partial charge in [-0.2, -0.15) is 0 Å². The normalized spacial score (nSPS) is 10.7. The zero-order chi connectivity index (χ0) is 18.0. The van der Waals surface area contributed by atoms with Crippen LogP contribution in [-0.4, -0.2) is 17.5 Å². The highest BCUT2D eigenvalue weighted by Crippen LogP contribution is 2.34. The molecule has 0 fully saturated rings. The van der Waals surface area contributed by atoms with Crippen molar-refractivity contribution < 1.29 is 13.9 Å². The molecule has 1 aromatic carbocycles. The third-order valence-corrected chi connectivity index (χ3v) is 4.93. The van der Waals surface area contributed by atoms with Gasteiger partial charge in [-0.3, -0.25) is 4.79 Å². The number of thiazole rings is 1. The highest BCUT2D eigenvalue weighted by molar-refractivity contribution is 7.17. The Balaban J connectivity index is 1.87. The van der Waals surface area contributed by atoms with Crippen molar-refractivity contribution >= 4 is 34.5 Å². The lowest BCUT2D eigenvalue weighted by Crippen LogP contribution is -2.12.